The Balaban J connectivity index is 2.10. The van der Waals surface area contributed by atoms with E-state index in [0.717, 1.165) is 6.07 Å². The van der Waals surface area contributed by atoms with Crippen LogP contribution in [0.2, 0.25) is 5.02 Å². The van der Waals surface area contributed by atoms with Crippen molar-refractivity contribution in [3.63, 3.8) is 0 Å². The average Bonchev–Trinajstić information content (AvgIpc) is 2.52. The molecule has 2 amide bonds. The van der Waals surface area contributed by atoms with Crippen molar-refractivity contribution in [2.24, 2.45) is 0 Å². The molecule has 2 rings (SSSR count). The van der Waals surface area contributed by atoms with Gasteiger partial charge in [0.2, 0.25) is 0 Å². The average molecular weight is 341 g/mol. The lowest BCUT2D eigenvalue weighted by Crippen LogP contribution is -2.34. The quantitative estimate of drug-likeness (QED) is 0.793. The number of hydrogen-bond acceptors (Lipinski definition) is 2. The zero-order valence-electron chi connectivity index (χ0n) is 12.2. The van der Waals surface area contributed by atoms with Crippen LogP contribution in [0.25, 0.3) is 0 Å². The van der Waals surface area contributed by atoms with Crippen LogP contribution in [0.3, 0.4) is 0 Å². The number of aliphatic hydroxyl groups is 1. The van der Waals surface area contributed by atoms with Gasteiger partial charge in [-0.1, -0.05) is 23.7 Å². The van der Waals surface area contributed by atoms with Crippen molar-refractivity contribution < 1.29 is 18.7 Å². The maximum Gasteiger partial charge on any atom is 0.319 e. The lowest BCUT2D eigenvalue weighted by Gasteiger charge is -2.18. The lowest BCUT2D eigenvalue weighted by atomic mass is 10.1. The fraction of sp³-hybridized carbons (Fsp3) is 0.188. The van der Waals surface area contributed by atoms with E-state index < -0.39 is 30.3 Å². The van der Waals surface area contributed by atoms with Crippen molar-refractivity contribution in [2.75, 3.05) is 11.9 Å². The summed E-state index contributed by atoms with van der Waals surface area (Å²) in [6.07, 6.45) is 0. The summed E-state index contributed by atoms with van der Waals surface area (Å²) in [5, 5.41) is 14.3. The van der Waals surface area contributed by atoms with E-state index in [9.17, 15) is 18.7 Å². The number of benzene rings is 2. The minimum Gasteiger partial charge on any atom is -0.394 e. The molecule has 0 radical (unpaired) electrons. The maximum atomic E-state index is 13.5. The third kappa shape index (κ3) is 4.18. The Labute approximate surface area is 137 Å². The van der Waals surface area contributed by atoms with Crippen LogP contribution in [0.5, 0.6) is 0 Å². The number of anilines is 1. The summed E-state index contributed by atoms with van der Waals surface area (Å²) in [5.74, 6) is -1.09. The van der Waals surface area contributed by atoms with E-state index in [-0.39, 0.29) is 5.02 Å². The molecule has 122 valence electrons. The van der Waals surface area contributed by atoms with E-state index in [0.29, 0.717) is 16.8 Å². The molecule has 0 spiro atoms. The standard InChI is InChI=1S/C16H15ClF2N2O2/c1-9-12(18)3-2-4-14(9)20-16(23)21-15(8-22)10-5-6-11(17)13(19)7-10/h2-7,15,22H,8H2,1H3,(H2,20,21,23). The third-order valence-corrected chi connectivity index (χ3v) is 3.66. The second kappa shape index (κ2) is 7.39. The van der Waals surface area contributed by atoms with Crippen molar-refractivity contribution in [3.05, 3.63) is 64.2 Å². The van der Waals surface area contributed by atoms with Gasteiger partial charge < -0.3 is 15.7 Å². The molecule has 0 bridgehead atoms. The van der Waals surface area contributed by atoms with Crippen LogP contribution in [0.4, 0.5) is 19.3 Å². The number of rotatable bonds is 4. The number of nitrogens with one attached hydrogen (secondary N) is 2. The molecule has 0 heterocycles. The summed E-state index contributed by atoms with van der Waals surface area (Å²) in [4.78, 5) is 12.0. The van der Waals surface area contributed by atoms with Gasteiger partial charge >= 0.3 is 6.03 Å². The predicted octanol–water partition coefficient (Wildman–Crippen LogP) is 3.78. The highest BCUT2D eigenvalue weighted by Gasteiger charge is 2.16. The normalized spacial score (nSPS) is 11.9. The van der Waals surface area contributed by atoms with Gasteiger partial charge in [0, 0.05) is 11.3 Å². The van der Waals surface area contributed by atoms with Gasteiger partial charge in [-0.2, -0.15) is 0 Å². The third-order valence-electron chi connectivity index (χ3n) is 3.35. The van der Waals surface area contributed by atoms with Crippen LogP contribution in [-0.2, 0) is 0 Å². The Morgan fingerprint density at radius 2 is 2.00 bits per heavy atom. The molecule has 0 aliphatic heterocycles. The number of carbonyl (C=O) groups excluding carboxylic acids is 1. The van der Waals surface area contributed by atoms with E-state index in [2.05, 4.69) is 10.6 Å². The second-order valence-corrected chi connectivity index (χ2v) is 5.33. The molecule has 0 aliphatic carbocycles. The minimum absolute atomic E-state index is 0.0507. The van der Waals surface area contributed by atoms with E-state index in [1.807, 2.05) is 0 Å². The minimum atomic E-state index is -0.823. The monoisotopic (exact) mass is 340 g/mol. The Bertz CT molecular complexity index is 725. The Morgan fingerprint density at radius 1 is 1.26 bits per heavy atom. The van der Waals surface area contributed by atoms with Gasteiger partial charge in [0.15, 0.2) is 0 Å². The number of amides is 2. The number of hydrogen-bond donors (Lipinski definition) is 3. The molecule has 2 aromatic rings. The zero-order valence-corrected chi connectivity index (χ0v) is 13.0. The molecular weight excluding hydrogens is 326 g/mol. The summed E-state index contributed by atoms with van der Waals surface area (Å²) in [7, 11) is 0. The molecule has 4 nitrogen and oxygen atoms in total. The van der Waals surface area contributed by atoms with Gasteiger partial charge in [0.1, 0.15) is 11.6 Å². The topological polar surface area (TPSA) is 61.4 Å². The van der Waals surface area contributed by atoms with Crippen molar-refractivity contribution in [2.45, 2.75) is 13.0 Å². The highest BCUT2D eigenvalue weighted by Crippen LogP contribution is 2.21. The van der Waals surface area contributed by atoms with Crippen molar-refractivity contribution in [1.82, 2.24) is 5.32 Å². The van der Waals surface area contributed by atoms with Crippen LogP contribution in [0, 0.1) is 18.6 Å². The van der Waals surface area contributed by atoms with Gasteiger partial charge in [0.25, 0.3) is 0 Å². The molecule has 1 atom stereocenters. The van der Waals surface area contributed by atoms with Gasteiger partial charge in [-0.05, 0) is 36.8 Å². The lowest BCUT2D eigenvalue weighted by molar-refractivity contribution is 0.225. The molecule has 0 fully saturated rings. The first-order valence-corrected chi connectivity index (χ1v) is 7.18. The Morgan fingerprint density at radius 3 is 2.65 bits per heavy atom. The zero-order chi connectivity index (χ0) is 17.0. The van der Waals surface area contributed by atoms with Crippen molar-refractivity contribution in [3.8, 4) is 0 Å². The molecule has 7 heteroatoms. The number of halogens is 3. The first kappa shape index (κ1) is 17.2. The SMILES string of the molecule is Cc1c(F)cccc1NC(=O)NC(CO)c1ccc(Cl)c(F)c1. The summed E-state index contributed by atoms with van der Waals surface area (Å²) in [6, 6.07) is 6.81. The fourth-order valence-corrected chi connectivity index (χ4v) is 2.14. The molecule has 0 saturated heterocycles. The second-order valence-electron chi connectivity index (χ2n) is 4.92. The molecule has 0 aliphatic rings. The van der Waals surface area contributed by atoms with E-state index in [1.165, 1.54) is 31.2 Å². The van der Waals surface area contributed by atoms with Crippen LogP contribution >= 0.6 is 11.6 Å². The molecule has 0 aromatic heterocycles. The first-order chi connectivity index (χ1) is 10.9. The van der Waals surface area contributed by atoms with Crippen LogP contribution in [0.1, 0.15) is 17.2 Å². The number of carbonyl (C=O) groups is 1. The molecular formula is C16H15ClF2N2O2. The van der Waals surface area contributed by atoms with E-state index in [1.54, 1.807) is 6.07 Å². The smallest absolute Gasteiger partial charge is 0.319 e. The summed E-state index contributed by atoms with van der Waals surface area (Å²) < 4.78 is 26.9. The highest BCUT2D eigenvalue weighted by atomic mass is 35.5. The first-order valence-electron chi connectivity index (χ1n) is 6.80. The predicted molar refractivity (Wildman–Crippen MR) is 84.5 cm³/mol. The summed E-state index contributed by atoms with van der Waals surface area (Å²) in [5.41, 5.74) is 0.961. The maximum absolute atomic E-state index is 13.5. The van der Waals surface area contributed by atoms with Crippen molar-refractivity contribution in [1.29, 1.82) is 0 Å². The van der Waals surface area contributed by atoms with E-state index >= 15 is 0 Å². The van der Waals surface area contributed by atoms with Crippen LogP contribution in [-0.4, -0.2) is 17.7 Å². The van der Waals surface area contributed by atoms with Gasteiger partial charge in [-0.25, -0.2) is 13.6 Å². The molecule has 23 heavy (non-hydrogen) atoms. The molecule has 0 saturated carbocycles. The number of urea groups is 1. The van der Waals surface area contributed by atoms with E-state index in [4.69, 9.17) is 11.6 Å². The fourth-order valence-electron chi connectivity index (χ4n) is 2.02. The van der Waals surface area contributed by atoms with Crippen molar-refractivity contribution >= 4 is 23.3 Å². The molecule has 3 N–H and O–H groups in total. The largest absolute Gasteiger partial charge is 0.394 e. The molecule has 2 aromatic carbocycles. The van der Waals surface area contributed by atoms with Crippen LogP contribution in [0.15, 0.2) is 36.4 Å². The van der Waals surface area contributed by atoms with Gasteiger partial charge in [0.05, 0.1) is 17.7 Å². The Hall–Kier alpha value is -2.18. The molecule has 1 unspecified atom stereocenters. The Kier molecular flexibility index (Phi) is 5.52. The van der Waals surface area contributed by atoms with Gasteiger partial charge in [-0.15, -0.1) is 0 Å². The highest BCUT2D eigenvalue weighted by molar-refractivity contribution is 6.30. The van der Waals surface area contributed by atoms with Gasteiger partial charge in [-0.3, -0.25) is 0 Å². The summed E-state index contributed by atoms with van der Waals surface area (Å²) in [6.45, 7) is 1.10. The van der Waals surface area contributed by atoms with Crippen LogP contribution < -0.4 is 10.6 Å². The number of aliphatic hydroxyl groups excluding tert-OH is 1. The summed E-state index contributed by atoms with van der Waals surface area (Å²) >= 11 is 5.60.